The van der Waals surface area contributed by atoms with Crippen LogP contribution in [0.5, 0.6) is 0 Å². The summed E-state index contributed by atoms with van der Waals surface area (Å²) in [6, 6.07) is 4.54. The second-order valence-electron chi connectivity index (χ2n) is 7.11. The number of piperidine rings is 1. The Balaban J connectivity index is 1.49. The molecule has 2 heterocycles. The first kappa shape index (κ1) is 14.8. The molecule has 1 aliphatic heterocycles. The summed E-state index contributed by atoms with van der Waals surface area (Å²) in [6.45, 7) is 9.21. The zero-order valence-electron chi connectivity index (χ0n) is 13.6. The molecule has 0 radical (unpaired) electrons. The second-order valence-corrected chi connectivity index (χ2v) is 7.11. The molecule has 3 nitrogen and oxygen atoms in total. The van der Waals surface area contributed by atoms with Crippen molar-refractivity contribution in [3.05, 3.63) is 23.4 Å². The number of aromatic nitrogens is 1. The highest BCUT2D eigenvalue weighted by Gasteiger charge is 2.21. The lowest BCUT2D eigenvalue weighted by molar-refractivity contribution is 0.373. The minimum absolute atomic E-state index is 0.751. The van der Waals surface area contributed by atoms with E-state index in [0.29, 0.717) is 0 Å². The van der Waals surface area contributed by atoms with Gasteiger partial charge in [-0.3, -0.25) is 0 Å². The maximum atomic E-state index is 4.90. The maximum absolute atomic E-state index is 4.90. The van der Waals surface area contributed by atoms with Gasteiger partial charge in [0.25, 0.3) is 0 Å². The van der Waals surface area contributed by atoms with Gasteiger partial charge in [-0.05, 0) is 68.7 Å². The number of fused-ring (bicyclic) bond motifs is 1. The van der Waals surface area contributed by atoms with E-state index in [2.05, 4.69) is 36.2 Å². The van der Waals surface area contributed by atoms with Crippen molar-refractivity contribution >= 4 is 5.82 Å². The summed E-state index contributed by atoms with van der Waals surface area (Å²) in [5, 5.41) is 3.61. The number of aryl methyl sites for hydroxylation is 2. The van der Waals surface area contributed by atoms with Crippen molar-refractivity contribution in [3.8, 4) is 0 Å². The predicted molar refractivity (Wildman–Crippen MR) is 88.9 cm³/mol. The highest BCUT2D eigenvalue weighted by Crippen LogP contribution is 2.26. The van der Waals surface area contributed by atoms with Gasteiger partial charge in [0.05, 0.1) is 0 Å². The van der Waals surface area contributed by atoms with Crippen LogP contribution >= 0.6 is 0 Å². The fraction of sp³-hybridized carbons (Fsp3) is 0.722. The van der Waals surface area contributed by atoms with Crippen LogP contribution in [0.3, 0.4) is 0 Å². The van der Waals surface area contributed by atoms with Crippen LogP contribution in [0.15, 0.2) is 12.1 Å². The van der Waals surface area contributed by atoms with Crippen LogP contribution in [-0.2, 0) is 12.8 Å². The molecule has 0 amide bonds. The van der Waals surface area contributed by atoms with Crippen LogP contribution in [0.25, 0.3) is 0 Å². The molecule has 1 aromatic heterocycles. The van der Waals surface area contributed by atoms with Gasteiger partial charge >= 0.3 is 0 Å². The Labute approximate surface area is 129 Å². The van der Waals surface area contributed by atoms with Crippen LogP contribution in [0.4, 0.5) is 5.82 Å². The van der Waals surface area contributed by atoms with Crippen molar-refractivity contribution in [2.45, 2.75) is 46.0 Å². The summed E-state index contributed by atoms with van der Waals surface area (Å²) in [5.74, 6) is 2.80. The van der Waals surface area contributed by atoms with Crippen molar-refractivity contribution in [3.63, 3.8) is 0 Å². The Hall–Kier alpha value is -1.09. The monoisotopic (exact) mass is 287 g/mol. The molecule has 1 aromatic rings. The number of pyridine rings is 1. The average molecular weight is 287 g/mol. The molecular weight excluding hydrogens is 258 g/mol. The molecule has 0 unspecified atom stereocenters. The van der Waals surface area contributed by atoms with Crippen LogP contribution in [0.2, 0.25) is 0 Å². The molecule has 1 saturated heterocycles. The van der Waals surface area contributed by atoms with E-state index < -0.39 is 0 Å². The van der Waals surface area contributed by atoms with Crippen LogP contribution < -0.4 is 10.2 Å². The first-order chi connectivity index (χ1) is 10.2. The minimum atomic E-state index is 0.751. The molecule has 1 N–H and O–H groups in total. The number of rotatable bonds is 5. The molecule has 1 fully saturated rings. The molecule has 3 rings (SSSR count). The Morgan fingerprint density at radius 1 is 1.24 bits per heavy atom. The SMILES string of the molecule is CC(C)CNCC1CCN(c2ccc3c(n2)CCC3)CC1. The minimum Gasteiger partial charge on any atom is -0.357 e. The van der Waals surface area contributed by atoms with Gasteiger partial charge in [0.2, 0.25) is 0 Å². The summed E-state index contributed by atoms with van der Waals surface area (Å²) in [4.78, 5) is 7.38. The van der Waals surface area contributed by atoms with Crippen molar-refractivity contribution in [1.82, 2.24) is 10.3 Å². The summed E-state index contributed by atoms with van der Waals surface area (Å²) in [7, 11) is 0. The Morgan fingerprint density at radius 2 is 2.05 bits per heavy atom. The van der Waals surface area contributed by atoms with E-state index in [-0.39, 0.29) is 0 Å². The van der Waals surface area contributed by atoms with Crippen molar-refractivity contribution in [2.75, 3.05) is 31.1 Å². The fourth-order valence-corrected chi connectivity index (χ4v) is 3.53. The van der Waals surface area contributed by atoms with Crippen molar-refractivity contribution in [2.24, 2.45) is 11.8 Å². The molecule has 21 heavy (non-hydrogen) atoms. The maximum Gasteiger partial charge on any atom is 0.128 e. The molecule has 0 bridgehead atoms. The Kier molecular flexibility index (Phi) is 4.79. The normalized spacial score (nSPS) is 19.3. The number of anilines is 1. The van der Waals surface area contributed by atoms with Gasteiger partial charge < -0.3 is 10.2 Å². The zero-order valence-corrected chi connectivity index (χ0v) is 13.6. The quantitative estimate of drug-likeness (QED) is 0.902. The number of hydrogen-bond donors (Lipinski definition) is 1. The Bertz CT molecular complexity index is 462. The third kappa shape index (κ3) is 3.76. The summed E-state index contributed by atoms with van der Waals surface area (Å²) < 4.78 is 0. The molecule has 0 spiro atoms. The highest BCUT2D eigenvalue weighted by molar-refractivity contribution is 5.43. The molecule has 0 atom stereocenters. The smallest absolute Gasteiger partial charge is 0.128 e. The lowest BCUT2D eigenvalue weighted by atomic mass is 9.96. The van der Waals surface area contributed by atoms with Crippen molar-refractivity contribution in [1.29, 1.82) is 0 Å². The fourth-order valence-electron chi connectivity index (χ4n) is 3.53. The lowest BCUT2D eigenvalue weighted by Crippen LogP contribution is -2.38. The largest absolute Gasteiger partial charge is 0.357 e. The second kappa shape index (κ2) is 6.78. The molecule has 2 aliphatic rings. The van der Waals surface area contributed by atoms with E-state index in [0.717, 1.165) is 18.4 Å². The van der Waals surface area contributed by atoms with E-state index in [1.165, 1.54) is 68.8 Å². The van der Waals surface area contributed by atoms with Crippen LogP contribution in [0, 0.1) is 11.8 Å². The third-order valence-electron chi connectivity index (χ3n) is 4.84. The number of nitrogens with one attached hydrogen (secondary N) is 1. The summed E-state index contributed by atoms with van der Waals surface area (Å²) >= 11 is 0. The van der Waals surface area contributed by atoms with E-state index >= 15 is 0 Å². The third-order valence-corrected chi connectivity index (χ3v) is 4.84. The predicted octanol–water partition coefficient (Wildman–Crippen LogP) is 3.03. The first-order valence-corrected chi connectivity index (χ1v) is 8.67. The van der Waals surface area contributed by atoms with Gasteiger partial charge in [-0.2, -0.15) is 0 Å². The summed E-state index contributed by atoms with van der Waals surface area (Å²) in [6.07, 6.45) is 6.29. The van der Waals surface area contributed by atoms with E-state index in [4.69, 9.17) is 4.98 Å². The number of hydrogen-bond acceptors (Lipinski definition) is 3. The molecule has 0 saturated carbocycles. The Morgan fingerprint density at radius 3 is 2.81 bits per heavy atom. The standard InChI is InChI=1S/C18H29N3/c1-14(2)12-19-13-15-8-10-21(11-9-15)18-7-6-16-4-3-5-17(16)20-18/h6-7,14-15,19H,3-5,8-13H2,1-2H3. The van der Waals surface area contributed by atoms with Gasteiger partial charge in [0, 0.05) is 18.8 Å². The number of nitrogens with zero attached hydrogens (tertiary/aromatic N) is 2. The van der Waals surface area contributed by atoms with E-state index in [1.807, 2.05) is 0 Å². The molecule has 3 heteroatoms. The topological polar surface area (TPSA) is 28.2 Å². The molecule has 116 valence electrons. The van der Waals surface area contributed by atoms with Gasteiger partial charge in [0.1, 0.15) is 5.82 Å². The molecule has 1 aliphatic carbocycles. The van der Waals surface area contributed by atoms with E-state index in [1.54, 1.807) is 0 Å². The molecule has 0 aromatic carbocycles. The van der Waals surface area contributed by atoms with Gasteiger partial charge in [-0.25, -0.2) is 4.98 Å². The lowest BCUT2D eigenvalue weighted by Gasteiger charge is -2.33. The molecular formula is C18H29N3. The van der Waals surface area contributed by atoms with Gasteiger partial charge in [-0.1, -0.05) is 19.9 Å². The highest BCUT2D eigenvalue weighted by atomic mass is 15.2. The average Bonchev–Trinajstić information content (AvgIpc) is 2.95. The van der Waals surface area contributed by atoms with E-state index in [9.17, 15) is 0 Å². The van der Waals surface area contributed by atoms with Gasteiger partial charge in [-0.15, -0.1) is 0 Å². The first-order valence-electron chi connectivity index (χ1n) is 8.67. The van der Waals surface area contributed by atoms with Crippen molar-refractivity contribution < 1.29 is 0 Å². The van der Waals surface area contributed by atoms with Crippen LogP contribution in [-0.4, -0.2) is 31.2 Å². The van der Waals surface area contributed by atoms with Crippen LogP contribution in [0.1, 0.15) is 44.4 Å². The van der Waals surface area contributed by atoms with Gasteiger partial charge in [0.15, 0.2) is 0 Å². The summed E-state index contributed by atoms with van der Waals surface area (Å²) in [5.41, 5.74) is 2.83. The zero-order chi connectivity index (χ0) is 14.7.